The van der Waals surface area contributed by atoms with E-state index in [1.165, 1.54) is 50.6 Å². The molecule has 1 aromatic heterocycles. The number of amides is 2. The summed E-state index contributed by atoms with van der Waals surface area (Å²) in [5.41, 5.74) is -7.02. The smallest absolute Gasteiger partial charge is 0.434 e. The lowest BCUT2D eigenvalue weighted by Crippen LogP contribution is -2.49. The summed E-state index contributed by atoms with van der Waals surface area (Å²) in [5.74, 6) is -1.66. The third-order valence-electron chi connectivity index (χ3n) is 5.72. The Labute approximate surface area is 236 Å². The second kappa shape index (κ2) is 11.5. The summed E-state index contributed by atoms with van der Waals surface area (Å²) in [6, 6.07) is 7.85. The number of alkyl halides is 7. The van der Waals surface area contributed by atoms with Crippen LogP contribution in [0.5, 0.6) is 5.75 Å². The van der Waals surface area contributed by atoms with Gasteiger partial charge in [-0.25, -0.2) is 4.39 Å². The first-order chi connectivity index (χ1) is 18.5. The third kappa shape index (κ3) is 5.97. The highest BCUT2D eigenvalue weighted by molar-refractivity contribution is 9.10. The molecule has 3 rings (SSSR count). The lowest BCUT2D eigenvalue weighted by molar-refractivity contribution is -0.605. The van der Waals surface area contributed by atoms with Crippen LogP contribution in [0.25, 0.3) is 0 Å². The molecule has 2 amide bonds. The highest BCUT2D eigenvalue weighted by Gasteiger charge is 2.72. The zero-order valence-electron chi connectivity index (χ0n) is 20.5. The van der Waals surface area contributed by atoms with Crippen LogP contribution in [0.4, 0.5) is 37.7 Å². The molecule has 0 aliphatic rings. The molecule has 3 aromatic rings. The number of nitrogens with one attached hydrogen (secondary N) is 2. The number of pyridine rings is 1. The van der Waals surface area contributed by atoms with Gasteiger partial charge in [0.15, 0.2) is 18.1 Å². The number of hydrogen-bond acceptors (Lipinski definition) is 4. The van der Waals surface area contributed by atoms with Crippen molar-refractivity contribution in [3.8, 4) is 5.75 Å². The molecule has 2 aromatic carbocycles. The number of carbonyl (C=O) groups excluding carboxylic acids is 2. The molecular weight excluding hydrogens is 636 g/mol. The van der Waals surface area contributed by atoms with E-state index in [9.17, 15) is 41.1 Å². The number of carbonyl (C=O) groups is 2. The molecule has 1 atom stereocenters. The molecule has 40 heavy (non-hydrogen) atoms. The molecule has 0 aliphatic heterocycles. The molecule has 0 saturated heterocycles. The van der Waals surface area contributed by atoms with Gasteiger partial charge < -0.3 is 20.6 Å². The molecule has 0 bridgehead atoms. The van der Waals surface area contributed by atoms with Crippen molar-refractivity contribution in [3.63, 3.8) is 0 Å². The van der Waals surface area contributed by atoms with Gasteiger partial charge in [-0.3, -0.25) is 9.59 Å². The number of anilines is 2. The summed E-state index contributed by atoms with van der Waals surface area (Å²) < 4.78 is 88.0. The van der Waals surface area contributed by atoms with Crippen molar-refractivity contribution in [1.29, 1.82) is 0 Å². The van der Waals surface area contributed by atoms with Crippen LogP contribution in [0.15, 0.2) is 59.3 Å². The van der Waals surface area contributed by atoms with Crippen molar-refractivity contribution < 1.29 is 45.4 Å². The largest absolute Gasteiger partial charge is 0.619 e. The average Bonchev–Trinajstić information content (AvgIpc) is 2.87. The van der Waals surface area contributed by atoms with Crippen LogP contribution in [0.3, 0.4) is 0 Å². The minimum Gasteiger partial charge on any atom is -0.619 e. The Morgan fingerprint density at radius 3 is 2.27 bits per heavy atom. The van der Waals surface area contributed by atoms with Gasteiger partial charge in [0.05, 0.1) is 24.0 Å². The number of nitrogens with zero attached hydrogens (tertiary/aromatic N) is 1. The van der Waals surface area contributed by atoms with E-state index in [4.69, 9.17) is 4.74 Å². The van der Waals surface area contributed by atoms with Crippen molar-refractivity contribution in [1.82, 2.24) is 0 Å². The Kier molecular flexibility index (Phi) is 8.94. The summed E-state index contributed by atoms with van der Waals surface area (Å²) in [6.07, 6.45) is -3.97. The summed E-state index contributed by atoms with van der Waals surface area (Å²) >= 11 is 7.50. The van der Waals surface area contributed by atoms with Gasteiger partial charge in [0, 0.05) is 16.1 Å². The Bertz CT molecular complexity index is 1440. The Balaban J connectivity index is 1.99. The van der Waals surface area contributed by atoms with Crippen LogP contribution < -0.4 is 20.1 Å². The van der Waals surface area contributed by atoms with Gasteiger partial charge in [0.25, 0.3) is 11.8 Å². The van der Waals surface area contributed by atoms with Crippen molar-refractivity contribution >= 4 is 50.7 Å². The first-order valence-electron chi connectivity index (χ1n) is 11.2. The number of ether oxygens (including phenoxy) is 1. The number of aryl methyl sites for hydroxylation is 1. The molecule has 0 spiro atoms. The van der Waals surface area contributed by atoms with Crippen LogP contribution in [0.1, 0.15) is 38.8 Å². The molecule has 0 radical (unpaired) electrons. The number of para-hydroxylation sites is 1. The Morgan fingerprint density at radius 2 is 1.73 bits per heavy atom. The number of hydrogen-bond donors (Lipinski definition) is 2. The van der Waals surface area contributed by atoms with Gasteiger partial charge in [-0.1, -0.05) is 13.0 Å². The second-order valence-electron chi connectivity index (χ2n) is 8.25. The second-order valence-corrected chi connectivity index (χ2v) is 9.58. The first kappa shape index (κ1) is 31.0. The summed E-state index contributed by atoms with van der Waals surface area (Å²) in [6.45, 7) is 1.44. The monoisotopic (exact) mass is 653 g/mol. The maximum absolute atomic E-state index is 14.9. The predicted octanol–water partition coefficient (Wildman–Crippen LogP) is 6.72. The molecule has 15 heteroatoms. The van der Waals surface area contributed by atoms with Gasteiger partial charge in [-0.15, -0.1) is 0 Å². The maximum Gasteiger partial charge on any atom is 0.434 e. The van der Waals surface area contributed by atoms with Crippen LogP contribution in [-0.2, 0) is 12.1 Å². The number of methoxy groups -OCH3 is 1. The first-order valence-corrected chi connectivity index (χ1v) is 12.4. The van der Waals surface area contributed by atoms with E-state index in [-0.39, 0.29) is 44.7 Å². The zero-order valence-corrected chi connectivity index (χ0v) is 22.8. The van der Waals surface area contributed by atoms with Crippen LogP contribution in [0, 0.1) is 5.21 Å². The van der Waals surface area contributed by atoms with Gasteiger partial charge in [0.1, 0.15) is 5.56 Å². The molecule has 0 saturated carbocycles. The fraction of sp³-hybridized carbons (Fsp3) is 0.240. The fourth-order valence-electron chi connectivity index (χ4n) is 3.77. The lowest BCUT2D eigenvalue weighted by atomic mass is 9.92. The topological polar surface area (TPSA) is 94.4 Å². The molecule has 214 valence electrons. The SMILES string of the molecule is CCc1cc(C(F)(C(F)(F)F)C(F)(F)Cl)cc(Br)c1NC(=O)c1cccc(NC(=O)c2ccc[n+]([O-])c2)c1OC. The summed E-state index contributed by atoms with van der Waals surface area (Å²) in [5, 5.41) is 11.1. The maximum atomic E-state index is 14.9. The highest BCUT2D eigenvalue weighted by atomic mass is 79.9. The van der Waals surface area contributed by atoms with Crippen LogP contribution in [0.2, 0.25) is 0 Å². The molecule has 0 aliphatic carbocycles. The van der Waals surface area contributed by atoms with Crippen LogP contribution >= 0.6 is 27.5 Å². The van der Waals surface area contributed by atoms with E-state index in [1.807, 2.05) is 0 Å². The molecule has 1 unspecified atom stereocenters. The van der Waals surface area contributed by atoms with Gasteiger partial charge in [-0.05, 0) is 69.8 Å². The fourth-order valence-corrected chi connectivity index (χ4v) is 4.58. The lowest BCUT2D eigenvalue weighted by Gasteiger charge is -2.32. The van der Waals surface area contributed by atoms with Crippen molar-refractivity contribution in [2.75, 3.05) is 17.7 Å². The summed E-state index contributed by atoms with van der Waals surface area (Å²) in [7, 11) is 1.21. The third-order valence-corrected chi connectivity index (χ3v) is 6.61. The molecule has 7 nitrogen and oxygen atoms in total. The quantitative estimate of drug-likeness (QED) is 0.122. The van der Waals surface area contributed by atoms with E-state index >= 15 is 0 Å². The number of halogens is 8. The van der Waals surface area contributed by atoms with E-state index in [0.29, 0.717) is 16.9 Å². The molecule has 1 heterocycles. The van der Waals surface area contributed by atoms with Crippen LogP contribution in [-0.4, -0.2) is 30.5 Å². The average molecular weight is 655 g/mol. The van der Waals surface area contributed by atoms with Gasteiger partial charge >= 0.3 is 17.2 Å². The number of benzene rings is 2. The minimum atomic E-state index is -6.07. The van der Waals surface area contributed by atoms with Crippen molar-refractivity contribution in [2.24, 2.45) is 0 Å². The normalized spacial score (nSPS) is 13.3. The zero-order chi connectivity index (χ0) is 30.0. The van der Waals surface area contributed by atoms with Crippen molar-refractivity contribution in [2.45, 2.75) is 30.6 Å². The van der Waals surface area contributed by atoms with E-state index in [0.717, 1.165) is 6.20 Å². The van der Waals surface area contributed by atoms with Gasteiger partial charge in [-0.2, -0.15) is 26.7 Å². The van der Waals surface area contributed by atoms with Gasteiger partial charge in [0.2, 0.25) is 0 Å². The van der Waals surface area contributed by atoms with E-state index in [1.54, 1.807) is 0 Å². The minimum absolute atomic E-state index is 0.0105. The number of rotatable bonds is 8. The summed E-state index contributed by atoms with van der Waals surface area (Å²) in [4.78, 5) is 25.8. The predicted molar refractivity (Wildman–Crippen MR) is 137 cm³/mol. The van der Waals surface area contributed by atoms with E-state index in [2.05, 4.69) is 38.2 Å². The number of aromatic nitrogens is 1. The Morgan fingerprint density at radius 1 is 1.05 bits per heavy atom. The van der Waals surface area contributed by atoms with E-state index < -0.39 is 34.6 Å². The Hall–Kier alpha value is -3.52. The molecular formula is C25H19BrClF6N3O4. The van der Waals surface area contributed by atoms with Crippen molar-refractivity contribution in [3.05, 3.63) is 86.8 Å². The molecule has 0 fully saturated rings. The highest BCUT2D eigenvalue weighted by Crippen LogP contribution is 2.55. The standard InChI is InChI=1S/C25H19BrClF6N3O4/c1-3-13-10-15(23(28,24(27,29)30)25(31,32)33)11-17(26)19(13)35-22(38)16-7-4-8-18(20(16)40-2)34-21(37)14-6-5-9-36(39)12-14/h4-12H,3H2,1-2H3,(H,34,37)(H,35,38). The molecule has 2 N–H and O–H groups in total.